The second kappa shape index (κ2) is 24.8. The van der Waals surface area contributed by atoms with Crippen molar-refractivity contribution < 1.29 is 32.9 Å². The van der Waals surface area contributed by atoms with Gasteiger partial charge in [-0.1, -0.05) is 116 Å². The van der Waals surface area contributed by atoms with Crippen LogP contribution in [0.3, 0.4) is 0 Å². The number of aliphatic hydroxyl groups excluding tert-OH is 1. The number of nitrogens with zero attached hydrogens (tertiary/aromatic N) is 1. The molecule has 0 bridgehead atoms. The van der Waals surface area contributed by atoms with E-state index in [2.05, 4.69) is 19.2 Å². The Morgan fingerprint density at radius 3 is 1.85 bits per heavy atom. The van der Waals surface area contributed by atoms with Crippen molar-refractivity contribution in [1.82, 2.24) is 5.32 Å². The highest BCUT2D eigenvalue weighted by Crippen LogP contribution is 2.43. The van der Waals surface area contributed by atoms with Gasteiger partial charge < -0.3 is 19.8 Å². The second-order valence-corrected chi connectivity index (χ2v) is 13.6. The number of carbonyl (C=O) groups is 1. The number of carbonyl (C=O) groups excluding carboxylic acids is 1. The number of likely N-dealkylation sites (N-methyl/N-ethyl adjacent to an activating group) is 1. The van der Waals surface area contributed by atoms with Gasteiger partial charge in [-0.05, 0) is 19.3 Å². The van der Waals surface area contributed by atoms with Crippen LogP contribution in [0.4, 0.5) is 0 Å². The van der Waals surface area contributed by atoms with Gasteiger partial charge in [-0.25, -0.2) is 4.57 Å². The standard InChI is InChI=1S/C31H63N2O6P/c1-6-8-10-12-14-16-17-18-20-22-24-30(34)29(28-39-40(36,37)38-27-26-33(3,4)5)32-31(35)25-23-21-19-15-13-11-9-7-2/h22,24,29-30,34H,6-21,23,25-28H2,1-5H3,(H-,32,35,36,37)/p+1/b24-22+. The first-order valence-corrected chi connectivity index (χ1v) is 17.6. The van der Waals surface area contributed by atoms with Crippen LogP contribution >= 0.6 is 7.82 Å². The lowest BCUT2D eigenvalue weighted by molar-refractivity contribution is -0.870. The molecule has 0 heterocycles. The molecule has 1 amide bonds. The first-order valence-electron chi connectivity index (χ1n) is 16.1. The summed E-state index contributed by atoms with van der Waals surface area (Å²) in [5.74, 6) is -0.186. The first kappa shape index (κ1) is 39.2. The number of hydrogen-bond acceptors (Lipinski definition) is 5. The Kier molecular flexibility index (Phi) is 24.3. The molecule has 0 rings (SSSR count). The number of phosphoric acid groups is 1. The molecule has 0 aromatic rings. The third-order valence-electron chi connectivity index (χ3n) is 7.01. The maximum Gasteiger partial charge on any atom is 0.472 e. The average Bonchev–Trinajstić information content (AvgIpc) is 2.88. The van der Waals surface area contributed by atoms with Gasteiger partial charge in [0, 0.05) is 6.42 Å². The summed E-state index contributed by atoms with van der Waals surface area (Å²) in [5.41, 5.74) is 0. The molecule has 9 heteroatoms. The summed E-state index contributed by atoms with van der Waals surface area (Å²) in [6, 6.07) is -0.834. The van der Waals surface area contributed by atoms with E-state index >= 15 is 0 Å². The molecular formula is C31H64N2O6P+. The highest BCUT2D eigenvalue weighted by atomic mass is 31.2. The lowest BCUT2D eigenvalue weighted by atomic mass is 10.1. The molecule has 0 spiro atoms. The number of allylic oxidation sites excluding steroid dienone is 1. The van der Waals surface area contributed by atoms with Crippen molar-refractivity contribution in [2.75, 3.05) is 40.9 Å². The second-order valence-electron chi connectivity index (χ2n) is 12.2. The van der Waals surface area contributed by atoms with E-state index in [-0.39, 0.29) is 19.1 Å². The van der Waals surface area contributed by atoms with Crippen LogP contribution in [0.25, 0.3) is 0 Å². The molecule has 0 aromatic carbocycles. The van der Waals surface area contributed by atoms with E-state index in [1.807, 2.05) is 27.2 Å². The van der Waals surface area contributed by atoms with E-state index in [0.717, 1.165) is 38.5 Å². The van der Waals surface area contributed by atoms with Gasteiger partial charge in [-0.3, -0.25) is 13.8 Å². The van der Waals surface area contributed by atoms with Crippen LogP contribution in [0, 0.1) is 0 Å². The van der Waals surface area contributed by atoms with E-state index in [4.69, 9.17) is 9.05 Å². The molecule has 0 saturated carbocycles. The lowest BCUT2D eigenvalue weighted by Crippen LogP contribution is -2.45. The monoisotopic (exact) mass is 591 g/mol. The van der Waals surface area contributed by atoms with Crippen molar-refractivity contribution in [2.24, 2.45) is 0 Å². The number of rotatable bonds is 28. The number of quaternary nitrogens is 1. The van der Waals surface area contributed by atoms with Crippen molar-refractivity contribution in [3.63, 3.8) is 0 Å². The molecule has 8 nitrogen and oxygen atoms in total. The van der Waals surface area contributed by atoms with Crippen LogP contribution in [0.5, 0.6) is 0 Å². The summed E-state index contributed by atoms with van der Waals surface area (Å²) in [4.78, 5) is 22.7. The van der Waals surface area contributed by atoms with Gasteiger partial charge in [0.25, 0.3) is 0 Å². The van der Waals surface area contributed by atoms with Gasteiger partial charge in [0.1, 0.15) is 13.2 Å². The van der Waals surface area contributed by atoms with Gasteiger partial charge in [0.15, 0.2) is 0 Å². The SMILES string of the molecule is CCCCCCCCCC/C=C/C(O)C(COP(=O)(O)OCC[N+](C)(C)C)NC(=O)CCCCCCCCCC. The zero-order valence-corrected chi connectivity index (χ0v) is 27.5. The summed E-state index contributed by atoms with van der Waals surface area (Å²) >= 11 is 0. The Bertz CT molecular complexity index is 683. The van der Waals surface area contributed by atoms with Crippen molar-refractivity contribution in [2.45, 2.75) is 142 Å². The van der Waals surface area contributed by atoms with Gasteiger partial charge >= 0.3 is 7.82 Å². The van der Waals surface area contributed by atoms with Crippen molar-refractivity contribution in [1.29, 1.82) is 0 Å². The van der Waals surface area contributed by atoms with Crippen molar-refractivity contribution >= 4 is 13.7 Å². The Labute approximate surface area is 246 Å². The van der Waals surface area contributed by atoms with E-state index in [0.29, 0.717) is 17.4 Å². The van der Waals surface area contributed by atoms with Crippen LogP contribution in [0.15, 0.2) is 12.2 Å². The van der Waals surface area contributed by atoms with Crippen molar-refractivity contribution in [3.8, 4) is 0 Å². The molecule has 0 fully saturated rings. The minimum absolute atomic E-state index is 0.0633. The molecule has 238 valence electrons. The van der Waals surface area contributed by atoms with E-state index in [1.54, 1.807) is 6.08 Å². The Hall–Kier alpha value is -0.760. The number of unbranched alkanes of at least 4 members (excludes halogenated alkanes) is 15. The topological polar surface area (TPSA) is 105 Å². The molecule has 0 aliphatic rings. The van der Waals surface area contributed by atoms with Gasteiger partial charge in [0.2, 0.25) is 5.91 Å². The zero-order chi connectivity index (χ0) is 30.1. The predicted octanol–water partition coefficient (Wildman–Crippen LogP) is 7.29. The van der Waals surface area contributed by atoms with Gasteiger partial charge in [-0.15, -0.1) is 0 Å². The van der Waals surface area contributed by atoms with E-state index < -0.39 is 20.0 Å². The highest BCUT2D eigenvalue weighted by molar-refractivity contribution is 7.47. The maximum absolute atomic E-state index is 12.6. The largest absolute Gasteiger partial charge is 0.472 e. The number of nitrogens with one attached hydrogen (secondary N) is 1. The molecule has 40 heavy (non-hydrogen) atoms. The Morgan fingerprint density at radius 2 is 1.32 bits per heavy atom. The minimum atomic E-state index is -4.31. The maximum atomic E-state index is 12.6. The third-order valence-corrected chi connectivity index (χ3v) is 7.99. The molecule has 0 radical (unpaired) electrons. The van der Waals surface area contributed by atoms with Crippen molar-refractivity contribution in [3.05, 3.63) is 12.2 Å². The fraction of sp³-hybridized carbons (Fsp3) is 0.903. The minimum Gasteiger partial charge on any atom is -0.387 e. The first-order chi connectivity index (χ1) is 19.0. The molecule has 3 atom stereocenters. The summed E-state index contributed by atoms with van der Waals surface area (Å²) in [6.45, 7) is 4.72. The highest BCUT2D eigenvalue weighted by Gasteiger charge is 2.27. The molecule has 0 aliphatic carbocycles. The van der Waals surface area contributed by atoms with E-state index in [9.17, 15) is 19.4 Å². The normalized spacial score (nSPS) is 15.3. The van der Waals surface area contributed by atoms with Crippen LogP contribution in [0.1, 0.15) is 129 Å². The molecule has 0 saturated heterocycles. The Balaban J connectivity index is 4.67. The predicted molar refractivity (Wildman–Crippen MR) is 166 cm³/mol. The van der Waals surface area contributed by atoms with Gasteiger partial charge in [-0.2, -0.15) is 0 Å². The molecule has 3 N–H and O–H groups in total. The fourth-order valence-electron chi connectivity index (χ4n) is 4.33. The zero-order valence-electron chi connectivity index (χ0n) is 26.6. The Morgan fingerprint density at radius 1 is 0.825 bits per heavy atom. The van der Waals surface area contributed by atoms with Gasteiger partial charge in [0.05, 0.1) is 39.9 Å². The van der Waals surface area contributed by atoms with E-state index in [1.165, 1.54) is 70.6 Å². The molecular weight excluding hydrogens is 527 g/mol. The van der Waals surface area contributed by atoms with Crippen LogP contribution in [-0.2, 0) is 18.4 Å². The van der Waals surface area contributed by atoms with Crippen LogP contribution in [-0.4, -0.2) is 73.4 Å². The molecule has 0 aliphatic heterocycles. The smallest absolute Gasteiger partial charge is 0.387 e. The number of amides is 1. The number of hydrogen-bond donors (Lipinski definition) is 3. The summed E-state index contributed by atoms with van der Waals surface area (Å²) in [5, 5.41) is 13.6. The fourth-order valence-corrected chi connectivity index (χ4v) is 5.07. The number of phosphoric ester groups is 1. The number of aliphatic hydroxyl groups is 1. The van der Waals surface area contributed by atoms with Crippen LogP contribution < -0.4 is 5.32 Å². The molecule has 3 unspecified atom stereocenters. The van der Waals surface area contributed by atoms with Crippen LogP contribution in [0.2, 0.25) is 0 Å². The summed E-state index contributed by atoms with van der Waals surface area (Å²) < 4.78 is 23.3. The summed E-state index contributed by atoms with van der Waals surface area (Å²) in [7, 11) is 1.57. The molecule has 0 aromatic heterocycles. The third kappa shape index (κ3) is 26.2. The average molecular weight is 592 g/mol. The lowest BCUT2D eigenvalue weighted by Gasteiger charge is -2.25. The summed E-state index contributed by atoms with van der Waals surface area (Å²) in [6.07, 6.45) is 22.8. The quantitative estimate of drug-likeness (QED) is 0.0382.